The van der Waals surface area contributed by atoms with Crippen molar-refractivity contribution in [3.63, 3.8) is 0 Å². The van der Waals surface area contributed by atoms with Crippen LogP contribution in [0.3, 0.4) is 0 Å². The molecule has 0 unspecified atom stereocenters. The van der Waals surface area contributed by atoms with E-state index < -0.39 is 34.6 Å². The molecule has 0 amide bonds. The smallest absolute Gasteiger partial charge is 0.203 e. The van der Waals surface area contributed by atoms with Gasteiger partial charge < -0.3 is 0 Å². The summed E-state index contributed by atoms with van der Waals surface area (Å²) in [6, 6.07) is 9.73. The summed E-state index contributed by atoms with van der Waals surface area (Å²) in [6.45, 7) is 1.80. The zero-order valence-corrected chi connectivity index (χ0v) is 13.4. The Balaban J connectivity index is 2.29. The van der Waals surface area contributed by atoms with Gasteiger partial charge in [0.25, 0.3) is 0 Å². The van der Waals surface area contributed by atoms with Gasteiger partial charge in [-0.25, -0.2) is 26.5 Å². The lowest BCUT2D eigenvalue weighted by molar-refractivity contribution is -0.660. The third kappa shape index (κ3) is 2.77. The zero-order chi connectivity index (χ0) is 18.3. The van der Waals surface area contributed by atoms with Crippen LogP contribution in [-0.4, -0.2) is 0 Å². The van der Waals surface area contributed by atoms with E-state index in [-0.39, 0.29) is 5.56 Å². The standard InChI is InChI=1S/C19H13F5N/c1-10-6-7-11(9-12(10)13-5-3-4-8-25(13)2)14-15(20)17(22)19(24)18(23)16(14)21/h3-9H,1-2H3/q+1. The van der Waals surface area contributed by atoms with E-state index in [1.807, 2.05) is 6.07 Å². The van der Waals surface area contributed by atoms with Gasteiger partial charge in [-0.05, 0) is 30.2 Å². The Morgan fingerprint density at radius 3 is 1.96 bits per heavy atom. The monoisotopic (exact) mass is 350 g/mol. The van der Waals surface area contributed by atoms with E-state index in [0.717, 1.165) is 11.3 Å². The van der Waals surface area contributed by atoms with Crippen molar-refractivity contribution in [2.45, 2.75) is 6.92 Å². The molecule has 0 saturated carbocycles. The minimum atomic E-state index is -2.17. The second kappa shape index (κ2) is 6.27. The fourth-order valence-corrected chi connectivity index (χ4v) is 2.71. The molecule has 0 aliphatic carbocycles. The molecular formula is C19H13F5N+. The molecule has 0 atom stereocenters. The molecule has 3 rings (SSSR count). The van der Waals surface area contributed by atoms with E-state index in [9.17, 15) is 22.0 Å². The first-order chi connectivity index (χ1) is 11.8. The van der Waals surface area contributed by atoms with Crippen molar-refractivity contribution in [3.05, 3.63) is 77.2 Å². The first-order valence-electron chi connectivity index (χ1n) is 7.40. The van der Waals surface area contributed by atoms with Gasteiger partial charge in [-0.3, -0.25) is 0 Å². The Morgan fingerprint density at radius 1 is 0.760 bits per heavy atom. The Morgan fingerprint density at radius 2 is 1.36 bits per heavy atom. The number of rotatable bonds is 2. The van der Waals surface area contributed by atoms with Crippen molar-refractivity contribution >= 4 is 0 Å². The Kier molecular flexibility index (Phi) is 4.29. The quantitative estimate of drug-likeness (QED) is 0.269. The predicted octanol–water partition coefficient (Wildman–Crippen LogP) is 4.85. The third-order valence-corrected chi connectivity index (χ3v) is 4.07. The fourth-order valence-electron chi connectivity index (χ4n) is 2.71. The topological polar surface area (TPSA) is 3.88 Å². The van der Waals surface area contributed by atoms with Crippen LogP contribution in [0, 0.1) is 36.0 Å². The molecule has 3 aromatic rings. The first-order valence-corrected chi connectivity index (χ1v) is 7.40. The van der Waals surface area contributed by atoms with E-state index >= 15 is 0 Å². The largest absolute Gasteiger partial charge is 0.212 e. The Labute approximate surface area is 141 Å². The number of halogens is 5. The van der Waals surface area contributed by atoms with E-state index in [1.165, 1.54) is 12.1 Å². The maximum Gasteiger partial charge on any atom is 0.212 e. The van der Waals surface area contributed by atoms with Crippen LogP contribution >= 0.6 is 0 Å². The van der Waals surface area contributed by atoms with Crippen LogP contribution in [0.5, 0.6) is 0 Å². The number of hydrogen-bond acceptors (Lipinski definition) is 0. The lowest BCUT2D eigenvalue weighted by Crippen LogP contribution is -2.30. The molecule has 2 aromatic carbocycles. The molecular weight excluding hydrogens is 337 g/mol. The maximum absolute atomic E-state index is 14.1. The molecule has 0 radical (unpaired) electrons. The van der Waals surface area contributed by atoms with Crippen molar-refractivity contribution in [1.82, 2.24) is 0 Å². The summed E-state index contributed by atoms with van der Waals surface area (Å²) in [6.07, 6.45) is 1.79. The van der Waals surface area contributed by atoms with Gasteiger partial charge in [0.2, 0.25) is 11.5 Å². The second-order valence-electron chi connectivity index (χ2n) is 5.67. The zero-order valence-electron chi connectivity index (χ0n) is 13.4. The fraction of sp³-hybridized carbons (Fsp3) is 0.105. The van der Waals surface area contributed by atoms with Crippen molar-refractivity contribution in [2.24, 2.45) is 7.05 Å². The summed E-state index contributed by atoms with van der Waals surface area (Å²) < 4.78 is 70.2. The van der Waals surface area contributed by atoms with E-state index in [2.05, 4.69) is 0 Å². The summed E-state index contributed by atoms with van der Waals surface area (Å²) in [4.78, 5) is 0. The van der Waals surface area contributed by atoms with Crippen molar-refractivity contribution in [1.29, 1.82) is 0 Å². The van der Waals surface area contributed by atoms with Gasteiger partial charge in [0, 0.05) is 17.7 Å². The molecule has 0 aliphatic rings. The summed E-state index contributed by atoms with van der Waals surface area (Å²) in [5, 5.41) is 0. The molecule has 0 bridgehead atoms. The summed E-state index contributed by atoms with van der Waals surface area (Å²) >= 11 is 0. The van der Waals surface area contributed by atoms with Crippen LogP contribution < -0.4 is 4.57 Å². The van der Waals surface area contributed by atoms with Crippen LogP contribution in [0.1, 0.15) is 5.56 Å². The molecule has 1 nitrogen and oxygen atoms in total. The van der Waals surface area contributed by atoms with Crippen molar-refractivity contribution in [2.75, 3.05) is 0 Å². The average molecular weight is 350 g/mol. The molecule has 0 fully saturated rings. The molecule has 25 heavy (non-hydrogen) atoms. The molecule has 0 aliphatic heterocycles. The van der Waals surface area contributed by atoms with Gasteiger partial charge >= 0.3 is 0 Å². The lowest BCUT2D eigenvalue weighted by atomic mass is 9.96. The third-order valence-electron chi connectivity index (χ3n) is 4.07. The summed E-state index contributed by atoms with van der Waals surface area (Å²) in [5.74, 6) is -9.77. The second-order valence-corrected chi connectivity index (χ2v) is 5.67. The number of pyridine rings is 1. The molecule has 0 N–H and O–H groups in total. The number of aryl methyl sites for hydroxylation is 2. The van der Waals surface area contributed by atoms with Gasteiger partial charge in [0.05, 0.1) is 5.56 Å². The van der Waals surface area contributed by atoms with Crippen LogP contribution in [0.15, 0.2) is 42.6 Å². The van der Waals surface area contributed by atoms with Gasteiger partial charge in [-0.2, -0.15) is 0 Å². The first kappa shape index (κ1) is 17.1. The predicted molar refractivity (Wildman–Crippen MR) is 83.0 cm³/mol. The number of hydrogen-bond donors (Lipinski definition) is 0. The van der Waals surface area contributed by atoms with Crippen LogP contribution in [-0.2, 0) is 7.05 Å². The van der Waals surface area contributed by atoms with Crippen molar-refractivity contribution < 1.29 is 26.5 Å². The maximum atomic E-state index is 14.1. The average Bonchev–Trinajstić information content (AvgIpc) is 2.60. The highest BCUT2D eigenvalue weighted by molar-refractivity contribution is 5.73. The Hall–Kier alpha value is -2.76. The van der Waals surface area contributed by atoms with Crippen LogP contribution in [0.25, 0.3) is 22.4 Å². The number of benzene rings is 2. The SMILES string of the molecule is Cc1ccc(-c2c(F)c(F)c(F)c(F)c2F)cc1-c1cccc[n+]1C. The highest BCUT2D eigenvalue weighted by Gasteiger charge is 2.27. The summed E-state index contributed by atoms with van der Waals surface area (Å²) in [7, 11) is 1.79. The lowest BCUT2D eigenvalue weighted by Gasteiger charge is -2.11. The molecule has 6 heteroatoms. The Bertz CT molecular complexity index is 953. The highest BCUT2D eigenvalue weighted by atomic mass is 19.2. The van der Waals surface area contributed by atoms with Crippen molar-refractivity contribution in [3.8, 4) is 22.4 Å². The van der Waals surface area contributed by atoms with Crippen LogP contribution in [0.4, 0.5) is 22.0 Å². The molecule has 1 heterocycles. The minimum absolute atomic E-state index is 0.0859. The molecule has 128 valence electrons. The van der Waals surface area contributed by atoms with Gasteiger partial charge in [0.15, 0.2) is 29.5 Å². The van der Waals surface area contributed by atoms with E-state index in [0.29, 0.717) is 5.56 Å². The van der Waals surface area contributed by atoms with Gasteiger partial charge in [-0.15, -0.1) is 0 Å². The molecule has 0 spiro atoms. The van der Waals surface area contributed by atoms with Gasteiger partial charge in [0.1, 0.15) is 7.05 Å². The van der Waals surface area contributed by atoms with Gasteiger partial charge in [-0.1, -0.05) is 12.1 Å². The molecule has 0 saturated heterocycles. The number of aromatic nitrogens is 1. The summed E-state index contributed by atoms with van der Waals surface area (Å²) in [5.41, 5.74) is 1.15. The van der Waals surface area contributed by atoms with Crippen LogP contribution in [0.2, 0.25) is 0 Å². The van der Waals surface area contributed by atoms with E-state index in [1.54, 1.807) is 42.9 Å². The van der Waals surface area contributed by atoms with E-state index in [4.69, 9.17) is 0 Å². The minimum Gasteiger partial charge on any atom is -0.203 e. The molecule has 1 aromatic heterocycles. The number of nitrogens with zero attached hydrogens (tertiary/aromatic N) is 1. The normalized spacial score (nSPS) is 11.0. The highest BCUT2D eigenvalue weighted by Crippen LogP contribution is 2.34.